The van der Waals surface area contributed by atoms with E-state index in [-0.39, 0.29) is 12.4 Å². The largest absolute Gasteiger partial charge is 0.466 e. The van der Waals surface area contributed by atoms with E-state index in [1.807, 2.05) is 24.3 Å². The SMILES string of the molecule is CCOC(=O)C[C@@H](N)c1ccc(Br)c2cccnc12. The molecular weight excluding hydrogens is 308 g/mol. The molecule has 0 fully saturated rings. The van der Waals surface area contributed by atoms with Gasteiger partial charge in [0.25, 0.3) is 0 Å². The van der Waals surface area contributed by atoms with Gasteiger partial charge in [-0.25, -0.2) is 0 Å². The van der Waals surface area contributed by atoms with Crippen molar-refractivity contribution in [2.45, 2.75) is 19.4 Å². The van der Waals surface area contributed by atoms with Crippen molar-refractivity contribution >= 4 is 32.8 Å². The Morgan fingerprint density at radius 3 is 3.00 bits per heavy atom. The quantitative estimate of drug-likeness (QED) is 0.879. The van der Waals surface area contributed by atoms with Gasteiger partial charge in [-0.15, -0.1) is 0 Å². The number of fused-ring (bicyclic) bond motifs is 1. The van der Waals surface area contributed by atoms with Crippen molar-refractivity contribution in [1.29, 1.82) is 0 Å². The fraction of sp³-hybridized carbons (Fsp3) is 0.286. The molecule has 5 heteroatoms. The predicted octanol–water partition coefficient (Wildman–Crippen LogP) is 2.95. The fourth-order valence-electron chi connectivity index (χ4n) is 1.97. The molecule has 100 valence electrons. The van der Waals surface area contributed by atoms with Crippen molar-refractivity contribution in [2.24, 2.45) is 5.73 Å². The average Bonchev–Trinajstić information content (AvgIpc) is 2.39. The van der Waals surface area contributed by atoms with E-state index < -0.39 is 6.04 Å². The molecule has 0 aliphatic carbocycles. The van der Waals surface area contributed by atoms with Crippen LogP contribution in [-0.4, -0.2) is 17.6 Å². The van der Waals surface area contributed by atoms with Crippen molar-refractivity contribution in [2.75, 3.05) is 6.61 Å². The van der Waals surface area contributed by atoms with Gasteiger partial charge in [-0.1, -0.05) is 28.1 Å². The summed E-state index contributed by atoms with van der Waals surface area (Å²) in [6.45, 7) is 2.14. The predicted molar refractivity (Wildman–Crippen MR) is 77.6 cm³/mol. The van der Waals surface area contributed by atoms with Gasteiger partial charge in [0.2, 0.25) is 0 Å². The van der Waals surface area contributed by atoms with Gasteiger partial charge in [0.1, 0.15) is 0 Å². The van der Waals surface area contributed by atoms with Crippen LogP contribution < -0.4 is 5.73 Å². The Morgan fingerprint density at radius 2 is 2.26 bits per heavy atom. The van der Waals surface area contributed by atoms with Gasteiger partial charge in [0, 0.05) is 22.1 Å². The number of nitrogens with zero attached hydrogens (tertiary/aromatic N) is 1. The van der Waals surface area contributed by atoms with Gasteiger partial charge >= 0.3 is 5.97 Å². The maximum atomic E-state index is 11.5. The summed E-state index contributed by atoms with van der Waals surface area (Å²) in [5.74, 6) is -0.290. The first-order chi connectivity index (χ1) is 9.13. The standard InChI is InChI=1S/C14H15BrN2O2/c1-2-19-13(18)8-12(16)10-5-6-11(15)9-4-3-7-17-14(9)10/h3-7,12H,2,8,16H2,1H3/t12-/m1/s1. The molecule has 0 unspecified atom stereocenters. The maximum absolute atomic E-state index is 11.5. The highest BCUT2D eigenvalue weighted by atomic mass is 79.9. The number of hydrogen-bond donors (Lipinski definition) is 1. The normalized spacial score (nSPS) is 12.4. The molecule has 2 aromatic rings. The number of esters is 1. The third-order valence-corrected chi connectivity index (χ3v) is 3.53. The van der Waals surface area contributed by atoms with Crippen LogP contribution in [-0.2, 0) is 9.53 Å². The smallest absolute Gasteiger partial charge is 0.307 e. The van der Waals surface area contributed by atoms with Crippen LogP contribution in [0.15, 0.2) is 34.9 Å². The number of halogens is 1. The van der Waals surface area contributed by atoms with Crippen LogP contribution in [0.1, 0.15) is 24.9 Å². The lowest BCUT2D eigenvalue weighted by molar-refractivity contribution is -0.143. The molecule has 1 aromatic heterocycles. The number of benzene rings is 1. The van der Waals surface area contributed by atoms with Crippen LogP contribution in [0.2, 0.25) is 0 Å². The highest BCUT2D eigenvalue weighted by Gasteiger charge is 2.16. The number of ether oxygens (including phenoxy) is 1. The highest BCUT2D eigenvalue weighted by molar-refractivity contribution is 9.10. The number of hydrogen-bond acceptors (Lipinski definition) is 4. The molecule has 0 aliphatic rings. The molecule has 1 aromatic carbocycles. The van der Waals surface area contributed by atoms with Gasteiger partial charge in [-0.05, 0) is 24.6 Å². The Labute approximate surface area is 120 Å². The summed E-state index contributed by atoms with van der Waals surface area (Å²) in [4.78, 5) is 15.9. The molecule has 1 heterocycles. The Kier molecular flexibility index (Phi) is 4.50. The van der Waals surface area contributed by atoms with E-state index in [0.29, 0.717) is 6.61 Å². The molecule has 0 spiro atoms. The lowest BCUT2D eigenvalue weighted by Crippen LogP contribution is -2.17. The minimum atomic E-state index is -0.412. The zero-order chi connectivity index (χ0) is 13.8. The molecular formula is C14H15BrN2O2. The molecule has 19 heavy (non-hydrogen) atoms. The third kappa shape index (κ3) is 3.11. The molecule has 2 N–H and O–H groups in total. The third-order valence-electron chi connectivity index (χ3n) is 2.84. The van der Waals surface area contributed by atoms with Crippen molar-refractivity contribution < 1.29 is 9.53 Å². The number of rotatable bonds is 4. The number of pyridine rings is 1. The monoisotopic (exact) mass is 322 g/mol. The van der Waals surface area contributed by atoms with E-state index in [9.17, 15) is 4.79 Å². The topological polar surface area (TPSA) is 65.2 Å². The number of carbonyl (C=O) groups excluding carboxylic acids is 1. The first-order valence-corrected chi connectivity index (χ1v) is 6.87. The number of nitrogens with two attached hydrogens (primary N) is 1. The summed E-state index contributed by atoms with van der Waals surface area (Å²) in [6.07, 6.45) is 1.87. The zero-order valence-electron chi connectivity index (χ0n) is 10.6. The van der Waals surface area contributed by atoms with E-state index in [1.54, 1.807) is 13.1 Å². The molecule has 0 amide bonds. The van der Waals surface area contributed by atoms with E-state index in [0.717, 1.165) is 20.9 Å². The Hall–Kier alpha value is -1.46. The Bertz CT molecular complexity index is 601. The zero-order valence-corrected chi connectivity index (χ0v) is 12.2. The minimum absolute atomic E-state index is 0.154. The molecule has 4 nitrogen and oxygen atoms in total. The first-order valence-electron chi connectivity index (χ1n) is 6.07. The number of aromatic nitrogens is 1. The second kappa shape index (κ2) is 6.12. The maximum Gasteiger partial charge on any atom is 0.307 e. The Balaban J connectivity index is 2.35. The summed E-state index contributed by atoms with van der Waals surface area (Å²) in [6, 6.07) is 7.23. The Morgan fingerprint density at radius 1 is 1.47 bits per heavy atom. The van der Waals surface area contributed by atoms with Crippen LogP contribution in [0.5, 0.6) is 0 Å². The van der Waals surface area contributed by atoms with E-state index in [1.165, 1.54) is 0 Å². The summed E-state index contributed by atoms with van der Waals surface area (Å²) < 4.78 is 5.88. The minimum Gasteiger partial charge on any atom is -0.466 e. The second-order valence-corrected chi connectivity index (χ2v) is 5.01. The van der Waals surface area contributed by atoms with Gasteiger partial charge in [0.05, 0.1) is 18.5 Å². The average molecular weight is 323 g/mol. The molecule has 0 saturated heterocycles. The number of carbonyl (C=O) groups is 1. The molecule has 0 saturated carbocycles. The summed E-state index contributed by atoms with van der Waals surface area (Å²) >= 11 is 3.48. The van der Waals surface area contributed by atoms with Crippen LogP contribution in [0.4, 0.5) is 0 Å². The van der Waals surface area contributed by atoms with Crippen molar-refractivity contribution in [1.82, 2.24) is 4.98 Å². The van der Waals surface area contributed by atoms with E-state index >= 15 is 0 Å². The van der Waals surface area contributed by atoms with Crippen molar-refractivity contribution in [3.8, 4) is 0 Å². The van der Waals surface area contributed by atoms with Crippen molar-refractivity contribution in [3.63, 3.8) is 0 Å². The van der Waals surface area contributed by atoms with Gasteiger partial charge < -0.3 is 10.5 Å². The van der Waals surface area contributed by atoms with Gasteiger partial charge in [-0.3, -0.25) is 9.78 Å². The van der Waals surface area contributed by atoms with Gasteiger partial charge in [-0.2, -0.15) is 0 Å². The van der Waals surface area contributed by atoms with Crippen molar-refractivity contribution in [3.05, 3.63) is 40.5 Å². The van der Waals surface area contributed by atoms with Crippen LogP contribution >= 0.6 is 15.9 Å². The van der Waals surface area contributed by atoms with E-state index in [4.69, 9.17) is 10.5 Å². The van der Waals surface area contributed by atoms with Crippen LogP contribution in [0.3, 0.4) is 0 Å². The van der Waals surface area contributed by atoms with Crippen LogP contribution in [0, 0.1) is 0 Å². The van der Waals surface area contributed by atoms with Gasteiger partial charge in [0.15, 0.2) is 0 Å². The summed E-state index contributed by atoms with van der Waals surface area (Å²) in [5.41, 5.74) is 7.75. The summed E-state index contributed by atoms with van der Waals surface area (Å²) in [7, 11) is 0. The molecule has 0 radical (unpaired) electrons. The lowest BCUT2D eigenvalue weighted by atomic mass is 10.0. The fourth-order valence-corrected chi connectivity index (χ4v) is 2.42. The second-order valence-electron chi connectivity index (χ2n) is 4.15. The molecule has 1 atom stereocenters. The summed E-state index contributed by atoms with van der Waals surface area (Å²) in [5, 5.41) is 0.985. The molecule has 0 bridgehead atoms. The molecule has 0 aliphatic heterocycles. The first kappa shape index (κ1) is 14.0. The highest BCUT2D eigenvalue weighted by Crippen LogP contribution is 2.29. The lowest BCUT2D eigenvalue weighted by Gasteiger charge is -2.14. The molecule has 2 rings (SSSR count). The van der Waals surface area contributed by atoms with E-state index in [2.05, 4.69) is 20.9 Å². The van der Waals surface area contributed by atoms with Crippen LogP contribution in [0.25, 0.3) is 10.9 Å².